The number of thioether (sulfide) groups is 1. The van der Waals surface area contributed by atoms with E-state index in [2.05, 4.69) is 10.3 Å². The molecule has 70 valence electrons. The van der Waals surface area contributed by atoms with Crippen LogP contribution < -0.4 is 5.32 Å². The van der Waals surface area contributed by atoms with E-state index in [-0.39, 0.29) is 5.91 Å². The van der Waals surface area contributed by atoms with Crippen LogP contribution in [0.25, 0.3) is 0 Å². The summed E-state index contributed by atoms with van der Waals surface area (Å²) in [5.41, 5.74) is 0.886. The van der Waals surface area contributed by atoms with Crippen LogP contribution in [0.1, 0.15) is 5.69 Å². The molecule has 0 aliphatic rings. The number of carbonyl (C=O) groups excluding carboxylic acids is 1. The van der Waals surface area contributed by atoms with Gasteiger partial charge in [0, 0.05) is 6.20 Å². The fourth-order valence-corrected chi connectivity index (χ4v) is 1.24. The number of rotatable bonds is 4. The topological polar surface area (TPSA) is 42.0 Å². The van der Waals surface area contributed by atoms with Crippen molar-refractivity contribution < 1.29 is 4.79 Å². The molecule has 1 aromatic rings. The molecule has 0 saturated heterocycles. The van der Waals surface area contributed by atoms with Gasteiger partial charge in [0.25, 0.3) is 0 Å². The predicted octanol–water partition coefficient (Wildman–Crippen LogP) is 1.06. The van der Waals surface area contributed by atoms with Crippen LogP contribution in [0.4, 0.5) is 0 Å². The van der Waals surface area contributed by atoms with E-state index in [1.54, 1.807) is 6.20 Å². The minimum absolute atomic E-state index is 0.0538. The van der Waals surface area contributed by atoms with E-state index in [1.807, 2.05) is 24.5 Å². The molecule has 1 aromatic heterocycles. The molecule has 1 N–H and O–H groups in total. The van der Waals surface area contributed by atoms with Crippen molar-refractivity contribution in [2.75, 3.05) is 12.0 Å². The van der Waals surface area contributed by atoms with Gasteiger partial charge in [0.05, 0.1) is 18.0 Å². The zero-order valence-electron chi connectivity index (χ0n) is 7.49. The van der Waals surface area contributed by atoms with Crippen LogP contribution >= 0.6 is 11.8 Å². The molecule has 1 heterocycles. The van der Waals surface area contributed by atoms with Crippen molar-refractivity contribution in [3.05, 3.63) is 30.1 Å². The van der Waals surface area contributed by atoms with Gasteiger partial charge in [-0.1, -0.05) is 6.07 Å². The zero-order chi connectivity index (χ0) is 9.52. The van der Waals surface area contributed by atoms with Crippen molar-refractivity contribution in [1.82, 2.24) is 10.3 Å². The molecule has 0 bridgehead atoms. The third kappa shape index (κ3) is 3.94. The van der Waals surface area contributed by atoms with Gasteiger partial charge >= 0.3 is 0 Å². The number of hydrogen-bond acceptors (Lipinski definition) is 3. The molecule has 0 aliphatic carbocycles. The van der Waals surface area contributed by atoms with Gasteiger partial charge in [0.2, 0.25) is 5.91 Å². The predicted molar refractivity (Wildman–Crippen MR) is 54.5 cm³/mol. The first-order valence-electron chi connectivity index (χ1n) is 3.98. The molecule has 0 atom stereocenters. The van der Waals surface area contributed by atoms with Gasteiger partial charge < -0.3 is 5.32 Å². The monoisotopic (exact) mass is 196 g/mol. The largest absolute Gasteiger partial charge is 0.350 e. The lowest BCUT2D eigenvalue weighted by Gasteiger charge is -2.02. The molecular weight excluding hydrogens is 184 g/mol. The summed E-state index contributed by atoms with van der Waals surface area (Å²) in [5.74, 6) is 0.561. The Labute approximate surface area is 81.9 Å². The first-order valence-corrected chi connectivity index (χ1v) is 5.38. The normalized spacial score (nSPS) is 9.62. The second-order valence-electron chi connectivity index (χ2n) is 2.53. The minimum atomic E-state index is 0.0538. The van der Waals surface area contributed by atoms with Crippen molar-refractivity contribution in [2.24, 2.45) is 0 Å². The van der Waals surface area contributed by atoms with Crippen molar-refractivity contribution in [3.63, 3.8) is 0 Å². The molecule has 13 heavy (non-hydrogen) atoms. The van der Waals surface area contributed by atoms with Crippen LogP contribution in [0.15, 0.2) is 24.4 Å². The van der Waals surface area contributed by atoms with Crippen LogP contribution in [-0.2, 0) is 11.3 Å². The number of aromatic nitrogens is 1. The van der Waals surface area contributed by atoms with E-state index in [0.717, 1.165) is 5.69 Å². The molecule has 0 aliphatic heterocycles. The van der Waals surface area contributed by atoms with E-state index in [4.69, 9.17) is 0 Å². The summed E-state index contributed by atoms with van der Waals surface area (Å²) in [6.07, 6.45) is 3.62. The lowest BCUT2D eigenvalue weighted by molar-refractivity contribution is -0.118. The number of hydrogen-bond donors (Lipinski definition) is 1. The van der Waals surface area contributed by atoms with Crippen LogP contribution in [0.2, 0.25) is 0 Å². The Balaban J connectivity index is 2.31. The van der Waals surface area contributed by atoms with Gasteiger partial charge in [0.1, 0.15) is 0 Å². The Kier molecular flexibility index (Phi) is 4.32. The highest BCUT2D eigenvalue weighted by atomic mass is 32.2. The second-order valence-corrected chi connectivity index (χ2v) is 3.40. The van der Waals surface area contributed by atoms with Gasteiger partial charge in [-0.3, -0.25) is 9.78 Å². The van der Waals surface area contributed by atoms with E-state index < -0.39 is 0 Å². The highest BCUT2D eigenvalue weighted by Gasteiger charge is 1.98. The first kappa shape index (κ1) is 10.1. The van der Waals surface area contributed by atoms with Crippen LogP contribution in [0.3, 0.4) is 0 Å². The minimum Gasteiger partial charge on any atom is -0.350 e. The molecule has 1 rings (SSSR count). The first-order chi connectivity index (χ1) is 6.33. The number of nitrogens with zero attached hydrogens (tertiary/aromatic N) is 1. The molecule has 1 amide bonds. The fourth-order valence-electron chi connectivity index (χ4n) is 0.874. The molecule has 0 saturated carbocycles. The third-order valence-electron chi connectivity index (χ3n) is 1.47. The average Bonchev–Trinajstić information content (AvgIpc) is 2.17. The summed E-state index contributed by atoms with van der Waals surface area (Å²) < 4.78 is 0. The summed E-state index contributed by atoms with van der Waals surface area (Å²) in [6, 6.07) is 5.65. The molecule has 4 heteroatoms. The highest BCUT2D eigenvalue weighted by Crippen LogP contribution is 1.93. The van der Waals surface area contributed by atoms with Crippen molar-refractivity contribution in [2.45, 2.75) is 6.54 Å². The maximum atomic E-state index is 11.1. The Hall–Kier alpha value is -1.03. The van der Waals surface area contributed by atoms with Gasteiger partial charge in [0.15, 0.2) is 0 Å². The Morgan fingerprint density at radius 2 is 2.46 bits per heavy atom. The van der Waals surface area contributed by atoms with Crippen LogP contribution in [0, 0.1) is 0 Å². The molecular formula is C9H12N2OS. The van der Waals surface area contributed by atoms with Gasteiger partial charge in [-0.05, 0) is 18.4 Å². The molecule has 0 unspecified atom stereocenters. The fraction of sp³-hybridized carbons (Fsp3) is 0.333. The molecule has 0 spiro atoms. The summed E-state index contributed by atoms with van der Waals surface area (Å²) >= 11 is 1.51. The van der Waals surface area contributed by atoms with Crippen molar-refractivity contribution in [1.29, 1.82) is 0 Å². The quantitative estimate of drug-likeness (QED) is 0.783. The molecule has 0 aromatic carbocycles. The maximum absolute atomic E-state index is 11.1. The average molecular weight is 196 g/mol. The molecule has 0 radical (unpaired) electrons. The summed E-state index contributed by atoms with van der Waals surface area (Å²) in [7, 11) is 0. The van der Waals surface area contributed by atoms with E-state index >= 15 is 0 Å². The van der Waals surface area contributed by atoms with Gasteiger partial charge in [-0.15, -0.1) is 0 Å². The second kappa shape index (κ2) is 5.59. The van der Waals surface area contributed by atoms with Gasteiger partial charge in [-0.25, -0.2) is 0 Å². The highest BCUT2D eigenvalue weighted by molar-refractivity contribution is 7.99. The molecule has 3 nitrogen and oxygen atoms in total. The number of carbonyl (C=O) groups is 1. The van der Waals surface area contributed by atoms with Crippen molar-refractivity contribution in [3.8, 4) is 0 Å². The number of pyridine rings is 1. The number of nitrogens with one attached hydrogen (secondary N) is 1. The lowest BCUT2D eigenvalue weighted by Crippen LogP contribution is -2.24. The smallest absolute Gasteiger partial charge is 0.230 e. The van der Waals surface area contributed by atoms with Crippen LogP contribution in [0.5, 0.6) is 0 Å². The molecule has 0 fully saturated rings. The Morgan fingerprint density at radius 1 is 1.62 bits per heavy atom. The van der Waals surface area contributed by atoms with E-state index in [9.17, 15) is 4.79 Å². The summed E-state index contributed by atoms with van der Waals surface area (Å²) in [5, 5.41) is 2.78. The Bertz CT molecular complexity index is 264. The Morgan fingerprint density at radius 3 is 3.08 bits per heavy atom. The lowest BCUT2D eigenvalue weighted by atomic mass is 10.3. The SMILES string of the molecule is CSCC(=O)NCc1ccccn1. The summed E-state index contributed by atoms with van der Waals surface area (Å²) in [6.45, 7) is 0.514. The third-order valence-corrected chi connectivity index (χ3v) is 2.02. The maximum Gasteiger partial charge on any atom is 0.230 e. The van der Waals surface area contributed by atoms with E-state index in [1.165, 1.54) is 11.8 Å². The standard InChI is InChI=1S/C9H12N2OS/c1-13-7-9(12)11-6-8-4-2-3-5-10-8/h2-5H,6-7H2,1H3,(H,11,12). The van der Waals surface area contributed by atoms with Gasteiger partial charge in [-0.2, -0.15) is 11.8 Å². The van der Waals surface area contributed by atoms with Crippen LogP contribution in [-0.4, -0.2) is 22.9 Å². The summed E-state index contributed by atoms with van der Waals surface area (Å²) in [4.78, 5) is 15.1. The van der Waals surface area contributed by atoms with E-state index in [0.29, 0.717) is 12.3 Å². The van der Waals surface area contributed by atoms with Crippen molar-refractivity contribution >= 4 is 17.7 Å². The zero-order valence-corrected chi connectivity index (χ0v) is 8.30. The number of amides is 1.